The van der Waals surface area contributed by atoms with Crippen LogP contribution in [0.5, 0.6) is 0 Å². The van der Waals surface area contributed by atoms with Crippen molar-refractivity contribution in [1.29, 1.82) is 0 Å². The summed E-state index contributed by atoms with van der Waals surface area (Å²) in [5.41, 5.74) is 0.892. The molecule has 1 aliphatic heterocycles. The van der Waals surface area contributed by atoms with Gasteiger partial charge in [-0.2, -0.15) is 4.31 Å². The number of aromatic amines is 1. The first-order valence-corrected chi connectivity index (χ1v) is 8.33. The van der Waals surface area contributed by atoms with Crippen LogP contribution in [0.3, 0.4) is 0 Å². The Kier molecular flexibility index (Phi) is 4.65. The molecule has 0 amide bonds. The zero-order valence-electron chi connectivity index (χ0n) is 11.6. The van der Waals surface area contributed by atoms with Crippen LogP contribution in [0.1, 0.15) is 38.3 Å². The average Bonchev–Trinajstić information content (AvgIpc) is 2.72. The molecular weight excluding hydrogens is 262 g/mol. The highest BCUT2D eigenvalue weighted by atomic mass is 32.2. The van der Waals surface area contributed by atoms with Gasteiger partial charge in [0.25, 0.3) is 0 Å². The summed E-state index contributed by atoms with van der Waals surface area (Å²) in [6, 6.07) is 1.82. The minimum absolute atomic E-state index is 0.0927. The van der Waals surface area contributed by atoms with Crippen molar-refractivity contribution >= 4 is 10.0 Å². The molecule has 0 bridgehead atoms. The normalized spacial score (nSPS) is 22.3. The maximum absolute atomic E-state index is 12.7. The Hall–Kier alpha value is -0.850. The van der Waals surface area contributed by atoms with Crippen LogP contribution < -0.4 is 5.32 Å². The fourth-order valence-corrected chi connectivity index (χ4v) is 4.32. The highest BCUT2D eigenvalue weighted by Crippen LogP contribution is 2.24. The Labute approximate surface area is 115 Å². The van der Waals surface area contributed by atoms with Crippen LogP contribution in [0.2, 0.25) is 0 Å². The second kappa shape index (κ2) is 6.07. The minimum atomic E-state index is -3.36. The Morgan fingerprint density at radius 1 is 1.42 bits per heavy atom. The van der Waals surface area contributed by atoms with E-state index in [0.717, 1.165) is 31.4 Å². The molecule has 0 saturated carbocycles. The molecule has 1 aliphatic rings. The number of aromatic nitrogens is 1. The zero-order valence-corrected chi connectivity index (χ0v) is 12.5. The topological polar surface area (TPSA) is 65.2 Å². The van der Waals surface area contributed by atoms with Crippen LogP contribution >= 0.6 is 0 Å². The first kappa shape index (κ1) is 14.6. The van der Waals surface area contributed by atoms with E-state index < -0.39 is 10.0 Å². The molecule has 0 aromatic carbocycles. The van der Waals surface area contributed by atoms with Gasteiger partial charge >= 0.3 is 0 Å². The first-order chi connectivity index (χ1) is 9.05. The summed E-state index contributed by atoms with van der Waals surface area (Å²) in [4.78, 5) is 3.40. The molecule has 2 N–H and O–H groups in total. The third-order valence-electron chi connectivity index (χ3n) is 3.68. The van der Waals surface area contributed by atoms with Crippen molar-refractivity contribution in [2.45, 2.75) is 50.1 Å². The van der Waals surface area contributed by atoms with Crippen LogP contribution in [-0.2, 0) is 16.6 Å². The standard InChI is InChI=1S/C13H23N3O2S/c1-11-6-4-3-5-7-16(11)19(17,18)13-8-12(9-14-2)15-10-13/h8,10-11,14-15H,3-7,9H2,1-2H3. The molecule has 1 unspecified atom stereocenters. The fraction of sp³-hybridized carbons (Fsp3) is 0.692. The number of nitrogens with one attached hydrogen (secondary N) is 2. The predicted octanol–water partition coefficient (Wildman–Crippen LogP) is 1.69. The average molecular weight is 285 g/mol. The van der Waals surface area contributed by atoms with Gasteiger partial charge < -0.3 is 10.3 Å². The molecule has 1 saturated heterocycles. The van der Waals surface area contributed by atoms with Crippen molar-refractivity contribution in [1.82, 2.24) is 14.6 Å². The van der Waals surface area contributed by atoms with Crippen molar-refractivity contribution in [2.75, 3.05) is 13.6 Å². The second-order valence-electron chi connectivity index (χ2n) is 5.21. The van der Waals surface area contributed by atoms with E-state index in [1.54, 1.807) is 16.6 Å². The molecule has 19 heavy (non-hydrogen) atoms. The van der Waals surface area contributed by atoms with Crippen molar-refractivity contribution in [2.24, 2.45) is 0 Å². The van der Waals surface area contributed by atoms with E-state index in [1.165, 1.54) is 0 Å². The van der Waals surface area contributed by atoms with Crippen LogP contribution in [0, 0.1) is 0 Å². The van der Waals surface area contributed by atoms with Gasteiger partial charge in [0, 0.05) is 31.0 Å². The molecule has 0 aliphatic carbocycles. The fourth-order valence-electron chi connectivity index (χ4n) is 2.60. The van der Waals surface area contributed by atoms with Gasteiger partial charge in [0.1, 0.15) is 0 Å². The third kappa shape index (κ3) is 3.19. The maximum atomic E-state index is 12.7. The number of rotatable bonds is 4. The van der Waals surface area contributed by atoms with Crippen molar-refractivity contribution in [3.8, 4) is 0 Å². The summed E-state index contributed by atoms with van der Waals surface area (Å²) in [6.07, 6.45) is 5.74. The van der Waals surface area contributed by atoms with Crippen molar-refractivity contribution in [3.05, 3.63) is 18.0 Å². The highest BCUT2D eigenvalue weighted by Gasteiger charge is 2.30. The summed E-state index contributed by atoms with van der Waals surface area (Å²) in [5.74, 6) is 0. The largest absolute Gasteiger partial charge is 0.363 e. The molecule has 1 aromatic rings. The number of H-pyrrole nitrogens is 1. The predicted molar refractivity (Wildman–Crippen MR) is 75.4 cm³/mol. The van der Waals surface area contributed by atoms with Gasteiger partial charge in [-0.25, -0.2) is 8.42 Å². The van der Waals surface area contributed by atoms with Crippen molar-refractivity contribution < 1.29 is 8.42 Å². The molecule has 2 rings (SSSR count). The van der Waals surface area contributed by atoms with Crippen LogP contribution in [0.25, 0.3) is 0 Å². The van der Waals surface area contributed by atoms with Gasteiger partial charge in [0.2, 0.25) is 10.0 Å². The van der Waals surface area contributed by atoms with E-state index in [2.05, 4.69) is 10.3 Å². The molecule has 0 spiro atoms. The lowest BCUT2D eigenvalue weighted by atomic mass is 10.1. The SMILES string of the molecule is CNCc1cc(S(=O)(=O)N2CCCCCC2C)c[nH]1. The van der Waals surface area contributed by atoms with Gasteiger partial charge in [0.15, 0.2) is 0 Å². The van der Waals surface area contributed by atoms with E-state index in [-0.39, 0.29) is 6.04 Å². The molecule has 2 heterocycles. The smallest absolute Gasteiger partial charge is 0.244 e. The Morgan fingerprint density at radius 2 is 2.21 bits per heavy atom. The second-order valence-corrected chi connectivity index (χ2v) is 7.10. The van der Waals surface area contributed by atoms with Gasteiger partial charge in [-0.15, -0.1) is 0 Å². The number of nitrogens with zero attached hydrogens (tertiary/aromatic N) is 1. The van der Waals surface area contributed by atoms with E-state index in [0.29, 0.717) is 18.0 Å². The molecule has 1 fully saturated rings. The molecule has 1 atom stereocenters. The molecule has 0 radical (unpaired) electrons. The number of hydrogen-bond donors (Lipinski definition) is 2. The summed E-state index contributed by atoms with van der Waals surface area (Å²) in [5, 5.41) is 3.01. The van der Waals surface area contributed by atoms with Gasteiger partial charge in [-0.3, -0.25) is 0 Å². The quantitative estimate of drug-likeness (QED) is 0.884. The van der Waals surface area contributed by atoms with E-state index in [4.69, 9.17) is 0 Å². The summed E-state index contributed by atoms with van der Waals surface area (Å²) in [7, 11) is -1.52. The number of hydrogen-bond acceptors (Lipinski definition) is 3. The number of sulfonamides is 1. The monoisotopic (exact) mass is 285 g/mol. The highest BCUT2D eigenvalue weighted by molar-refractivity contribution is 7.89. The van der Waals surface area contributed by atoms with Crippen LogP contribution in [0.4, 0.5) is 0 Å². The Balaban J connectivity index is 2.24. The van der Waals surface area contributed by atoms with E-state index >= 15 is 0 Å². The lowest BCUT2D eigenvalue weighted by Crippen LogP contribution is -2.38. The van der Waals surface area contributed by atoms with Gasteiger partial charge in [0.05, 0.1) is 4.90 Å². The lowest BCUT2D eigenvalue weighted by Gasteiger charge is -2.25. The third-order valence-corrected chi connectivity index (χ3v) is 5.67. The zero-order chi connectivity index (χ0) is 13.9. The minimum Gasteiger partial charge on any atom is -0.363 e. The lowest BCUT2D eigenvalue weighted by molar-refractivity contribution is 0.342. The van der Waals surface area contributed by atoms with Crippen molar-refractivity contribution in [3.63, 3.8) is 0 Å². The Bertz CT molecular complexity index is 510. The van der Waals surface area contributed by atoms with E-state index in [9.17, 15) is 8.42 Å². The maximum Gasteiger partial charge on any atom is 0.244 e. The first-order valence-electron chi connectivity index (χ1n) is 6.89. The molecule has 108 valence electrons. The van der Waals surface area contributed by atoms with Crippen LogP contribution in [-0.4, -0.2) is 37.3 Å². The summed E-state index contributed by atoms with van der Waals surface area (Å²) in [6.45, 7) is 3.28. The summed E-state index contributed by atoms with van der Waals surface area (Å²) < 4.78 is 27.0. The molecule has 5 nitrogen and oxygen atoms in total. The summed E-state index contributed by atoms with van der Waals surface area (Å²) >= 11 is 0. The van der Waals surface area contributed by atoms with Gasteiger partial charge in [-0.1, -0.05) is 12.8 Å². The van der Waals surface area contributed by atoms with Gasteiger partial charge in [-0.05, 0) is 32.9 Å². The van der Waals surface area contributed by atoms with Crippen LogP contribution in [0.15, 0.2) is 17.2 Å². The molecule has 6 heteroatoms. The molecular formula is C13H23N3O2S. The van der Waals surface area contributed by atoms with E-state index in [1.807, 2.05) is 14.0 Å². The Morgan fingerprint density at radius 3 is 2.95 bits per heavy atom. The molecule has 1 aromatic heterocycles.